The van der Waals surface area contributed by atoms with Gasteiger partial charge in [-0.2, -0.15) is 0 Å². The van der Waals surface area contributed by atoms with Crippen LogP contribution in [-0.4, -0.2) is 30.5 Å². The Morgan fingerprint density at radius 1 is 1.07 bits per heavy atom. The van der Waals surface area contributed by atoms with Gasteiger partial charge in [0.15, 0.2) is 21.3 Å². The number of carbonyl (C=O) groups excluding carboxylic acids is 1. The van der Waals surface area contributed by atoms with E-state index in [4.69, 9.17) is 5.73 Å². The molecule has 0 fully saturated rings. The first-order valence-electron chi connectivity index (χ1n) is 8.49. The largest absolute Gasteiger partial charge is 0.382 e. The number of nitrogens with zero attached hydrogens (tertiary/aromatic N) is 2. The van der Waals surface area contributed by atoms with E-state index in [2.05, 4.69) is 15.3 Å². The number of nitrogen functional groups attached to an aromatic ring is 1. The Kier molecular flexibility index (Phi) is 5.41. The molecule has 0 bridgehead atoms. The van der Waals surface area contributed by atoms with Crippen LogP contribution in [-0.2, 0) is 15.6 Å². The van der Waals surface area contributed by atoms with Crippen molar-refractivity contribution in [2.75, 3.05) is 17.3 Å². The van der Waals surface area contributed by atoms with E-state index in [-0.39, 0.29) is 17.3 Å². The molecule has 0 radical (unpaired) electrons. The predicted octanol–water partition coefficient (Wildman–Crippen LogP) is 2.83. The summed E-state index contributed by atoms with van der Waals surface area (Å²) in [6.07, 6.45) is 2.70. The molecule has 1 aromatic heterocycles. The van der Waals surface area contributed by atoms with Gasteiger partial charge in [0.2, 0.25) is 0 Å². The lowest BCUT2D eigenvalue weighted by Crippen LogP contribution is -2.17. The molecule has 0 atom stereocenters. The normalized spacial score (nSPS) is 11.2. The number of nitrogens with one attached hydrogen (secondary N) is 1. The van der Waals surface area contributed by atoms with Crippen molar-refractivity contribution < 1.29 is 13.2 Å². The number of carbonyl (C=O) groups is 1. The Bertz CT molecular complexity index is 1110. The molecule has 3 aromatic rings. The van der Waals surface area contributed by atoms with Crippen LogP contribution in [0.4, 0.5) is 11.5 Å². The van der Waals surface area contributed by atoms with Gasteiger partial charge in [-0.15, -0.1) is 0 Å². The third-order valence-electron chi connectivity index (χ3n) is 4.00. The van der Waals surface area contributed by atoms with Crippen molar-refractivity contribution in [3.63, 3.8) is 0 Å². The summed E-state index contributed by atoms with van der Waals surface area (Å²) in [4.78, 5) is 21.0. The van der Waals surface area contributed by atoms with E-state index in [1.807, 2.05) is 31.2 Å². The fraction of sp³-hybridized carbons (Fsp3) is 0.150. The summed E-state index contributed by atoms with van der Waals surface area (Å²) >= 11 is 0. The van der Waals surface area contributed by atoms with Gasteiger partial charge in [-0.25, -0.2) is 18.4 Å². The molecule has 7 nitrogen and oxygen atoms in total. The lowest BCUT2D eigenvalue weighted by atomic mass is 10.1. The lowest BCUT2D eigenvalue weighted by molar-refractivity contribution is 0.102. The van der Waals surface area contributed by atoms with Gasteiger partial charge in [0, 0.05) is 17.5 Å². The number of aryl methyl sites for hydroxylation is 1. The van der Waals surface area contributed by atoms with Gasteiger partial charge in [-0.05, 0) is 24.6 Å². The fourth-order valence-electron chi connectivity index (χ4n) is 2.61. The van der Waals surface area contributed by atoms with Crippen molar-refractivity contribution >= 4 is 27.2 Å². The van der Waals surface area contributed by atoms with Crippen LogP contribution < -0.4 is 11.1 Å². The second-order valence-electron chi connectivity index (χ2n) is 6.58. The quantitative estimate of drug-likeness (QED) is 0.685. The first kappa shape index (κ1) is 19.5. The molecular formula is C20H20N4O3S. The van der Waals surface area contributed by atoms with E-state index < -0.39 is 15.7 Å². The summed E-state index contributed by atoms with van der Waals surface area (Å²) in [6, 6.07) is 14.3. The van der Waals surface area contributed by atoms with Gasteiger partial charge in [0.25, 0.3) is 5.91 Å². The molecule has 1 amide bonds. The zero-order chi connectivity index (χ0) is 20.3. The molecule has 144 valence electrons. The highest BCUT2D eigenvalue weighted by Gasteiger charge is 2.15. The van der Waals surface area contributed by atoms with E-state index in [9.17, 15) is 13.2 Å². The Morgan fingerprint density at radius 2 is 1.71 bits per heavy atom. The number of aromatic nitrogens is 2. The highest BCUT2D eigenvalue weighted by molar-refractivity contribution is 7.89. The number of amides is 1. The fourth-order valence-corrected chi connectivity index (χ4v) is 3.40. The first-order valence-corrected chi connectivity index (χ1v) is 10.5. The molecule has 28 heavy (non-hydrogen) atoms. The molecular weight excluding hydrogens is 376 g/mol. The Balaban J connectivity index is 1.80. The van der Waals surface area contributed by atoms with Gasteiger partial charge >= 0.3 is 0 Å². The van der Waals surface area contributed by atoms with E-state index in [0.29, 0.717) is 16.9 Å². The van der Waals surface area contributed by atoms with Gasteiger partial charge in [-0.3, -0.25) is 4.79 Å². The Hall–Kier alpha value is -3.26. The monoisotopic (exact) mass is 396 g/mol. The maximum absolute atomic E-state index is 12.6. The maximum Gasteiger partial charge on any atom is 0.278 e. The number of rotatable bonds is 5. The number of hydrogen-bond donors (Lipinski definition) is 2. The molecule has 0 spiro atoms. The second kappa shape index (κ2) is 7.77. The summed E-state index contributed by atoms with van der Waals surface area (Å²) in [5.74, 6) is -0.519. The van der Waals surface area contributed by atoms with Crippen LogP contribution in [0.15, 0.2) is 54.7 Å². The molecule has 3 N–H and O–H groups in total. The molecule has 3 rings (SSSR count). The average Bonchev–Trinajstić information content (AvgIpc) is 2.63. The SMILES string of the molecule is Cc1ccc(-c2cnc(N)c(C(=O)Nc3ccc(CS(C)(=O)=O)cc3)n2)cc1. The molecule has 0 saturated heterocycles. The number of anilines is 2. The number of nitrogens with two attached hydrogens (primary N) is 1. The van der Waals surface area contributed by atoms with Crippen LogP contribution in [0.3, 0.4) is 0 Å². The molecule has 0 aliphatic heterocycles. The molecule has 1 heterocycles. The summed E-state index contributed by atoms with van der Waals surface area (Å²) in [7, 11) is -3.12. The van der Waals surface area contributed by atoms with E-state index >= 15 is 0 Å². The van der Waals surface area contributed by atoms with Crippen molar-refractivity contribution in [1.29, 1.82) is 0 Å². The van der Waals surface area contributed by atoms with E-state index in [1.54, 1.807) is 24.3 Å². The summed E-state index contributed by atoms with van der Waals surface area (Å²) in [5, 5.41) is 2.71. The second-order valence-corrected chi connectivity index (χ2v) is 8.72. The number of hydrogen-bond acceptors (Lipinski definition) is 6. The van der Waals surface area contributed by atoms with Crippen molar-refractivity contribution in [3.8, 4) is 11.3 Å². The van der Waals surface area contributed by atoms with Crippen LogP contribution >= 0.6 is 0 Å². The minimum atomic E-state index is -3.12. The minimum absolute atomic E-state index is 0.0262. The third kappa shape index (κ3) is 4.92. The van der Waals surface area contributed by atoms with E-state index in [0.717, 1.165) is 11.1 Å². The molecule has 0 unspecified atom stereocenters. The topological polar surface area (TPSA) is 115 Å². The highest BCUT2D eigenvalue weighted by atomic mass is 32.2. The average molecular weight is 396 g/mol. The minimum Gasteiger partial charge on any atom is -0.382 e. The zero-order valence-corrected chi connectivity index (χ0v) is 16.3. The summed E-state index contributed by atoms with van der Waals surface area (Å²) < 4.78 is 22.7. The highest BCUT2D eigenvalue weighted by Crippen LogP contribution is 2.20. The molecule has 0 aliphatic rings. The maximum atomic E-state index is 12.6. The Morgan fingerprint density at radius 3 is 2.32 bits per heavy atom. The number of sulfone groups is 1. The molecule has 0 aliphatic carbocycles. The molecule has 2 aromatic carbocycles. The molecule has 8 heteroatoms. The van der Waals surface area contributed by atoms with E-state index in [1.165, 1.54) is 12.5 Å². The standard InChI is InChI=1S/C20H20N4O3S/c1-13-3-7-15(8-4-13)17-11-22-19(21)18(24-17)20(25)23-16-9-5-14(6-10-16)12-28(2,26)27/h3-11H,12H2,1-2H3,(H2,21,22)(H,23,25). The third-order valence-corrected chi connectivity index (χ3v) is 4.86. The summed E-state index contributed by atoms with van der Waals surface area (Å²) in [6.45, 7) is 1.98. The van der Waals surface area contributed by atoms with Crippen molar-refractivity contribution in [3.05, 3.63) is 71.5 Å². The zero-order valence-electron chi connectivity index (χ0n) is 15.5. The van der Waals surface area contributed by atoms with Crippen LogP contribution in [0.25, 0.3) is 11.3 Å². The molecule has 0 saturated carbocycles. The van der Waals surface area contributed by atoms with Crippen LogP contribution in [0.5, 0.6) is 0 Å². The smallest absolute Gasteiger partial charge is 0.278 e. The van der Waals surface area contributed by atoms with Crippen LogP contribution in [0.2, 0.25) is 0 Å². The summed E-state index contributed by atoms with van der Waals surface area (Å²) in [5.41, 5.74) is 9.50. The van der Waals surface area contributed by atoms with Gasteiger partial charge in [0.1, 0.15) is 0 Å². The van der Waals surface area contributed by atoms with Crippen molar-refractivity contribution in [2.45, 2.75) is 12.7 Å². The number of benzene rings is 2. The van der Waals surface area contributed by atoms with Crippen LogP contribution in [0, 0.1) is 6.92 Å². The van der Waals surface area contributed by atoms with Crippen molar-refractivity contribution in [1.82, 2.24) is 9.97 Å². The van der Waals surface area contributed by atoms with Gasteiger partial charge in [-0.1, -0.05) is 42.0 Å². The van der Waals surface area contributed by atoms with Crippen molar-refractivity contribution in [2.24, 2.45) is 0 Å². The predicted molar refractivity (Wildman–Crippen MR) is 110 cm³/mol. The first-order chi connectivity index (χ1) is 13.2. The Labute approximate surface area is 163 Å². The van der Waals surface area contributed by atoms with Gasteiger partial charge in [0.05, 0.1) is 17.6 Å². The van der Waals surface area contributed by atoms with Gasteiger partial charge < -0.3 is 11.1 Å². The lowest BCUT2D eigenvalue weighted by Gasteiger charge is -2.09. The van der Waals surface area contributed by atoms with Crippen LogP contribution in [0.1, 0.15) is 21.6 Å².